The summed E-state index contributed by atoms with van der Waals surface area (Å²) < 4.78 is 1.76. The molecule has 0 bridgehead atoms. The number of aliphatic hydroxyl groups is 1. The van der Waals surface area contributed by atoms with Gasteiger partial charge in [0, 0.05) is 12.7 Å². The summed E-state index contributed by atoms with van der Waals surface area (Å²) in [5, 5.41) is 19.2. The summed E-state index contributed by atoms with van der Waals surface area (Å²) in [5.74, 6) is 0.105. The van der Waals surface area contributed by atoms with E-state index in [9.17, 15) is 9.90 Å². The van der Waals surface area contributed by atoms with Crippen LogP contribution >= 0.6 is 0 Å². The van der Waals surface area contributed by atoms with Crippen molar-refractivity contribution in [3.05, 3.63) is 48.3 Å². The lowest BCUT2D eigenvalue weighted by Gasteiger charge is -2.14. The van der Waals surface area contributed by atoms with E-state index in [0.29, 0.717) is 12.2 Å². The van der Waals surface area contributed by atoms with Crippen molar-refractivity contribution < 1.29 is 9.90 Å². The molecule has 0 unspecified atom stereocenters. The van der Waals surface area contributed by atoms with Crippen molar-refractivity contribution >= 4 is 11.7 Å². The highest BCUT2D eigenvalue weighted by molar-refractivity contribution is 5.88. The van der Waals surface area contributed by atoms with Gasteiger partial charge in [-0.05, 0) is 11.5 Å². The van der Waals surface area contributed by atoms with Crippen LogP contribution in [0.5, 0.6) is 0 Å². The minimum atomic E-state index is -0.549. The van der Waals surface area contributed by atoms with E-state index in [2.05, 4.69) is 15.7 Å². The average molecular weight is 302 g/mol. The van der Waals surface area contributed by atoms with Crippen molar-refractivity contribution in [2.75, 3.05) is 11.9 Å². The van der Waals surface area contributed by atoms with E-state index in [0.717, 1.165) is 5.56 Å². The van der Waals surface area contributed by atoms with Crippen molar-refractivity contribution in [1.29, 1.82) is 0 Å². The molecular formula is C16H22N4O2. The maximum Gasteiger partial charge on any atom is 0.319 e. The lowest BCUT2D eigenvalue weighted by atomic mass is 10.1. The Kier molecular flexibility index (Phi) is 5.55. The van der Waals surface area contributed by atoms with E-state index in [-0.39, 0.29) is 18.5 Å². The lowest BCUT2D eigenvalue weighted by Crippen LogP contribution is -2.37. The SMILES string of the molecule is CC(C)[C@H](O)CNC(=O)Nc1cnn(Cc2ccccc2)c1. The number of anilines is 1. The number of urea groups is 1. The highest BCUT2D eigenvalue weighted by atomic mass is 16.3. The fraction of sp³-hybridized carbons (Fsp3) is 0.375. The van der Waals surface area contributed by atoms with Gasteiger partial charge >= 0.3 is 6.03 Å². The molecule has 1 aromatic carbocycles. The Balaban J connectivity index is 1.83. The average Bonchev–Trinajstić information content (AvgIpc) is 2.92. The van der Waals surface area contributed by atoms with Crippen molar-refractivity contribution in [3.8, 4) is 0 Å². The zero-order chi connectivity index (χ0) is 15.9. The first-order chi connectivity index (χ1) is 10.5. The van der Waals surface area contributed by atoms with Gasteiger partial charge in [-0.2, -0.15) is 5.10 Å². The Morgan fingerprint density at radius 3 is 2.73 bits per heavy atom. The molecule has 2 rings (SSSR count). The standard InChI is InChI=1S/C16H22N4O2/c1-12(2)15(21)9-17-16(22)19-14-8-18-20(11-14)10-13-6-4-3-5-7-13/h3-8,11-12,15,21H,9-10H2,1-2H3,(H2,17,19,22)/t15-/m1/s1. The highest BCUT2D eigenvalue weighted by Crippen LogP contribution is 2.08. The third kappa shape index (κ3) is 4.89. The van der Waals surface area contributed by atoms with E-state index in [4.69, 9.17) is 0 Å². The summed E-state index contributed by atoms with van der Waals surface area (Å²) >= 11 is 0. The fourth-order valence-electron chi connectivity index (χ4n) is 1.89. The van der Waals surface area contributed by atoms with E-state index in [1.807, 2.05) is 44.2 Å². The van der Waals surface area contributed by atoms with Crippen LogP contribution in [0.25, 0.3) is 0 Å². The molecule has 2 amide bonds. The van der Waals surface area contributed by atoms with E-state index >= 15 is 0 Å². The molecule has 1 atom stereocenters. The predicted molar refractivity (Wildman–Crippen MR) is 85.6 cm³/mol. The largest absolute Gasteiger partial charge is 0.391 e. The molecule has 118 valence electrons. The molecular weight excluding hydrogens is 280 g/mol. The number of nitrogens with zero attached hydrogens (tertiary/aromatic N) is 2. The lowest BCUT2D eigenvalue weighted by molar-refractivity contribution is 0.126. The van der Waals surface area contributed by atoms with E-state index in [1.165, 1.54) is 0 Å². The summed E-state index contributed by atoms with van der Waals surface area (Å²) in [6.45, 7) is 4.67. The van der Waals surface area contributed by atoms with Crippen molar-refractivity contribution in [2.45, 2.75) is 26.5 Å². The number of benzene rings is 1. The second-order valence-corrected chi connectivity index (χ2v) is 5.56. The number of aromatic nitrogens is 2. The zero-order valence-electron chi connectivity index (χ0n) is 12.9. The van der Waals surface area contributed by atoms with Gasteiger partial charge in [-0.15, -0.1) is 0 Å². The first-order valence-corrected chi connectivity index (χ1v) is 7.34. The third-order valence-corrected chi connectivity index (χ3v) is 3.32. The van der Waals surface area contributed by atoms with E-state index in [1.54, 1.807) is 17.1 Å². The second kappa shape index (κ2) is 7.61. The monoisotopic (exact) mass is 302 g/mol. The third-order valence-electron chi connectivity index (χ3n) is 3.32. The molecule has 0 fully saturated rings. The molecule has 0 radical (unpaired) electrons. The van der Waals surface area contributed by atoms with Gasteiger partial charge in [0.05, 0.1) is 24.5 Å². The topological polar surface area (TPSA) is 79.2 Å². The van der Waals surface area contributed by atoms with Gasteiger partial charge in [0.1, 0.15) is 0 Å². The summed E-state index contributed by atoms with van der Waals surface area (Å²) in [7, 11) is 0. The van der Waals surface area contributed by atoms with Crippen LogP contribution in [0.3, 0.4) is 0 Å². The van der Waals surface area contributed by atoms with Crippen molar-refractivity contribution in [3.63, 3.8) is 0 Å². The minimum absolute atomic E-state index is 0.105. The number of carbonyl (C=O) groups is 1. The van der Waals surface area contributed by atoms with Gasteiger partial charge in [0.15, 0.2) is 0 Å². The first-order valence-electron chi connectivity index (χ1n) is 7.34. The number of hydrogen-bond acceptors (Lipinski definition) is 3. The smallest absolute Gasteiger partial charge is 0.319 e. The first kappa shape index (κ1) is 16.0. The van der Waals surface area contributed by atoms with Crippen LogP contribution in [-0.4, -0.2) is 33.6 Å². The van der Waals surface area contributed by atoms with Gasteiger partial charge in [0.2, 0.25) is 0 Å². The molecule has 1 heterocycles. The molecule has 0 aliphatic carbocycles. The molecule has 22 heavy (non-hydrogen) atoms. The Labute approximate surface area is 130 Å². The number of rotatable bonds is 6. The number of nitrogens with one attached hydrogen (secondary N) is 2. The molecule has 0 aliphatic rings. The molecule has 0 saturated carbocycles. The molecule has 1 aromatic heterocycles. The summed E-state index contributed by atoms with van der Waals surface area (Å²) in [6, 6.07) is 9.62. The van der Waals surface area contributed by atoms with Crippen LogP contribution in [0.2, 0.25) is 0 Å². The van der Waals surface area contributed by atoms with Gasteiger partial charge in [-0.25, -0.2) is 4.79 Å². The molecule has 0 aliphatic heterocycles. The Bertz CT molecular complexity index is 595. The molecule has 6 nitrogen and oxygen atoms in total. The second-order valence-electron chi connectivity index (χ2n) is 5.56. The number of aliphatic hydroxyl groups excluding tert-OH is 1. The Morgan fingerprint density at radius 1 is 1.32 bits per heavy atom. The predicted octanol–water partition coefficient (Wildman–Crippen LogP) is 2.07. The van der Waals surface area contributed by atoms with Crippen LogP contribution in [0.1, 0.15) is 19.4 Å². The van der Waals surface area contributed by atoms with Gasteiger partial charge < -0.3 is 15.7 Å². The van der Waals surface area contributed by atoms with Crippen LogP contribution in [0.15, 0.2) is 42.7 Å². The van der Waals surface area contributed by atoms with Crippen LogP contribution in [-0.2, 0) is 6.54 Å². The number of carbonyl (C=O) groups excluding carboxylic acids is 1. The molecule has 0 spiro atoms. The van der Waals surface area contributed by atoms with Gasteiger partial charge in [-0.1, -0.05) is 44.2 Å². The normalized spacial score (nSPS) is 12.2. The molecule has 2 aromatic rings. The molecule has 6 heteroatoms. The number of amides is 2. The summed E-state index contributed by atoms with van der Waals surface area (Å²) in [5.41, 5.74) is 1.76. The van der Waals surface area contributed by atoms with Crippen LogP contribution < -0.4 is 10.6 Å². The minimum Gasteiger partial charge on any atom is -0.391 e. The summed E-state index contributed by atoms with van der Waals surface area (Å²) in [6.07, 6.45) is 2.82. The molecule has 3 N–H and O–H groups in total. The van der Waals surface area contributed by atoms with Crippen molar-refractivity contribution in [1.82, 2.24) is 15.1 Å². The van der Waals surface area contributed by atoms with Gasteiger partial charge in [-0.3, -0.25) is 4.68 Å². The number of hydrogen-bond donors (Lipinski definition) is 3. The fourth-order valence-corrected chi connectivity index (χ4v) is 1.89. The Morgan fingerprint density at radius 2 is 2.05 bits per heavy atom. The quantitative estimate of drug-likeness (QED) is 0.764. The van der Waals surface area contributed by atoms with Gasteiger partial charge in [0.25, 0.3) is 0 Å². The zero-order valence-corrected chi connectivity index (χ0v) is 12.9. The highest BCUT2D eigenvalue weighted by Gasteiger charge is 2.11. The maximum atomic E-state index is 11.7. The van der Waals surface area contributed by atoms with E-state index < -0.39 is 6.10 Å². The van der Waals surface area contributed by atoms with Crippen molar-refractivity contribution in [2.24, 2.45) is 5.92 Å². The van der Waals surface area contributed by atoms with Crippen LogP contribution in [0.4, 0.5) is 10.5 Å². The maximum absolute atomic E-state index is 11.7. The van der Waals surface area contributed by atoms with Crippen LogP contribution in [0, 0.1) is 5.92 Å². The Hall–Kier alpha value is -2.34. The summed E-state index contributed by atoms with van der Waals surface area (Å²) in [4.78, 5) is 11.7. The molecule has 0 saturated heterocycles.